The first-order chi connectivity index (χ1) is 8.10. The van der Waals surface area contributed by atoms with Gasteiger partial charge in [0.25, 0.3) is 5.82 Å². The average molecular weight is 238 g/mol. The van der Waals surface area contributed by atoms with Crippen LogP contribution in [0, 0.1) is 5.92 Å². The molecule has 0 aliphatic carbocycles. The molecule has 0 radical (unpaired) electrons. The Balaban J connectivity index is 2.86. The lowest BCUT2D eigenvalue weighted by Gasteiger charge is -2.11. The van der Waals surface area contributed by atoms with E-state index in [9.17, 15) is 9.90 Å². The van der Waals surface area contributed by atoms with Gasteiger partial charge in [0, 0.05) is 18.3 Å². The van der Waals surface area contributed by atoms with E-state index in [-0.39, 0.29) is 0 Å². The highest BCUT2D eigenvalue weighted by molar-refractivity contribution is 5.66. The minimum Gasteiger partial charge on any atom is -0.550 e. The van der Waals surface area contributed by atoms with E-state index in [2.05, 4.69) is 18.4 Å². The fourth-order valence-electron chi connectivity index (χ4n) is 1.99. The number of nitrogens with zero attached hydrogens (tertiary/aromatic N) is 2. The lowest BCUT2D eigenvalue weighted by atomic mass is 10.2. The minimum absolute atomic E-state index is 0.451. The topological polar surface area (TPSA) is 48.9 Å². The summed E-state index contributed by atoms with van der Waals surface area (Å²) in [6.07, 6.45) is 7.14. The van der Waals surface area contributed by atoms with E-state index in [4.69, 9.17) is 0 Å². The van der Waals surface area contributed by atoms with Gasteiger partial charge in [0.2, 0.25) is 0 Å². The first kappa shape index (κ1) is 13.7. The number of carbonyl (C=O) groups excluding carboxylic acids is 1. The third kappa shape index (κ3) is 3.58. The summed E-state index contributed by atoms with van der Waals surface area (Å²) in [6.45, 7) is 7.45. The number of carboxylic acid groups (broad SMARTS) is 1. The Morgan fingerprint density at radius 1 is 1.47 bits per heavy atom. The van der Waals surface area contributed by atoms with E-state index in [0.717, 1.165) is 25.8 Å². The molecule has 0 saturated carbocycles. The number of imidazole rings is 1. The smallest absolute Gasteiger partial charge is 0.256 e. The van der Waals surface area contributed by atoms with Gasteiger partial charge in [-0.3, -0.25) is 0 Å². The molecule has 1 atom stereocenters. The molecule has 96 valence electrons. The van der Waals surface area contributed by atoms with E-state index >= 15 is 0 Å². The molecule has 0 aromatic carbocycles. The van der Waals surface area contributed by atoms with Crippen LogP contribution >= 0.6 is 0 Å². The second kappa shape index (κ2) is 6.42. The standard InChI is InChI=1S/C13H22N2O2/c1-4-6-12-14(7-5-2)8-9-15(12)10-11(3)13(16)17/h8-9,11H,4-7,10H2,1-3H3. The van der Waals surface area contributed by atoms with Crippen molar-refractivity contribution in [1.82, 2.24) is 4.57 Å². The van der Waals surface area contributed by atoms with Crippen LogP contribution in [0.15, 0.2) is 12.4 Å². The van der Waals surface area contributed by atoms with Gasteiger partial charge in [0.05, 0.1) is 13.1 Å². The van der Waals surface area contributed by atoms with Crippen LogP contribution in [-0.2, 0) is 24.3 Å². The molecule has 0 bridgehead atoms. The Hall–Kier alpha value is -1.32. The highest BCUT2D eigenvalue weighted by Gasteiger charge is 2.17. The van der Waals surface area contributed by atoms with Gasteiger partial charge in [-0.2, -0.15) is 0 Å². The normalized spacial score (nSPS) is 12.6. The molecule has 1 unspecified atom stereocenters. The highest BCUT2D eigenvalue weighted by Crippen LogP contribution is 2.03. The van der Waals surface area contributed by atoms with Crippen molar-refractivity contribution in [3.63, 3.8) is 0 Å². The molecular weight excluding hydrogens is 216 g/mol. The second-order valence-electron chi connectivity index (χ2n) is 4.53. The zero-order valence-electron chi connectivity index (χ0n) is 11.0. The number of carbonyl (C=O) groups is 1. The number of aromatic nitrogens is 2. The molecule has 0 aliphatic heterocycles. The Bertz CT molecular complexity index is 371. The molecule has 1 aromatic rings. The summed E-state index contributed by atoms with van der Waals surface area (Å²) < 4.78 is 4.26. The van der Waals surface area contributed by atoms with Crippen molar-refractivity contribution >= 4 is 5.97 Å². The van der Waals surface area contributed by atoms with Crippen molar-refractivity contribution in [3.8, 4) is 0 Å². The Kier molecular flexibility index (Phi) is 5.19. The van der Waals surface area contributed by atoms with Gasteiger partial charge in [-0.15, -0.1) is 0 Å². The summed E-state index contributed by atoms with van der Waals surface area (Å²) in [7, 11) is 0. The predicted molar refractivity (Wildman–Crippen MR) is 63.1 cm³/mol. The molecule has 17 heavy (non-hydrogen) atoms. The van der Waals surface area contributed by atoms with Gasteiger partial charge in [-0.1, -0.05) is 20.8 Å². The van der Waals surface area contributed by atoms with Crippen LogP contribution in [0.4, 0.5) is 0 Å². The zero-order chi connectivity index (χ0) is 12.8. The van der Waals surface area contributed by atoms with E-state index in [0.29, 0.717) is 6.54 Å². The third-order valence-corrected chi connectivity index (χ3v) is 2.90. The molecule has 0 N–H and O–H groups in total. The van der Waals surface area contributed by atoms with Crippen molar-refractivity contribution < 1.29 is 14.5 Å². The molecule has 4 nitrogen and oxygen atoms in total. The van der Waals surface area contributed by atoms with Crippen LogP contribution < -0.4 is 9.67 Å². The van der Waals surface area contributed by atoms with Crippen LogP contribution in [0.2, 0.25) is 0 Å². The molecule has 1 rings (SSSR count). The Morgan fingerprint density at radius 3 is 2.71 bits per heavy atom. The molecule has 1 aromatic heterocycles. The van der Waals surface area contributed by atoms with Crippen molar-refractivity contribution in [2.24, 2.45) is 5.92 Å². The number of carboxylic acids is 1. The van der Waals surface area contributed by atoms with Gasteiger partial charge in [-0.05, 0) is 12.8 Å². The van der Waals surface area contributed by atoms with Crippen LogP contribution in [0.3, 0.4) is 0 Å². The summed E-state index contributed by atoms with van der Waals surface area (Å²) >= 11 is 0. The first-order valence-electron chi connectivity index (χ1n) is 6.38. The number of hydrogen-bond acceptors (Lipinski definition) is 2. The Labute approximate surface area is 103 Å². The minimum atomic E-state index is -0.983. The summed E-state index contributed by atoms with van der Waals surface area (Å²) in [4.78, 5) is 10.8. The van der Waals surface area contributed by atoms with Gasteiger partial charge in [0.15, 0.2) is 0 Å². The maximum absolute atomic E-state index is 10.8. The van der Waals surface area contributed by atoms with E-state index in [1.165, 1.54) is 5.82 Å². The first-order valence-corrected chi connectivity index (χ1v) is 6.38. The van der Waals surface area contributed by atoms with Gasteiger partial charge in [0.1, 0.15) is 12.4 Å². The summed E-state index contributed by atoms with van der Waals surface area (Å²) in [5.41, 5.74) is 0. The van der Waals surface area contributed by atoms with Crippen molar-refractivity contribution in [1.29, 1.82) is 0 Å². The molecule has 0 saturated heterocycles. The third-order valence-electron chi connectivity index (χ3n) is 2.90. The monoisotopic (exact) mass is 238 g/mol. The average Bonchev–Trinajstić information content (AvgIpc) is 2.63. The molecule has 0 aliphatic rings. The molecule has 1 heterocycles. The van der Waals surface area contributed by atoms with Crippen molar-refractivity contribution in [3.05, 3.63) is 18.2 Å². The highest BCUT2D eigenvalue weighted by atomic mass is 16.4. The SMILES string of the molecule is CCCc1n(CCC)cc[n+]1CC(C)C(=O)[O-]. The van der Waals surface area contributed by atoms with E-state index in [1.807, 2.05) is 17.0 Å². The Morgan fingerprint density at radius 2 is 2.18 bits per heavy atom. The fourth-order valence-corrected chi connectivity index (χ4v) is 1.99. The second-order valence-corrected chi connectivity index (χ2v) is 4.53. The largest absolute Gasteiger partial charge is 0.550 e. The number of rotatable bonds is 7. The maximum atomic E-state index is 10.8. The lowest BCUT2D eigenvalue weighted by molar-refractivity contribution is -0.708. The molecule has 4 heteroatoms. The van der Waals surface area contributed by atoms with E-state index in [1.54, 1.807) is 6.92 Å². The van der Waals surface area contributed by atoms with Gasteiger partial charge < -0.3 is 9.90 Å². The summed E-state index contributed by atoms with van der Waals surface area (Å²) in [6, 6.07) is 0. The lowest BCUT2D eigenvalue weighted by Crippen LogP contribution is -2.45. The molecule has 0 spiro atoms. The van der Waals surface area contributed by atoms with Gasteiger partial charge in [-0.25, -0.2) is 9.13 Å². The summed E-state index contributed by atoms with van der Waals surface area (Å²) in [5, 5.41) is 10.8. The number of hydrogen-bond donors (Lipinski definition) is 0. The maximum Gasteiger partial charge on any atom is 0.256 e. The van der Waals surface area contributed by atoms with Crippen LogP contribution in [0.1, 0.15) is 39.4 Å². The number of aliphatic carboxylic acids is 1. The van der Waals surface area contributed by atoms with Crippen molar-refractivity contribution in [2.75, 3.05) is 0 Å². The zero-order valence-corrected chi connectivity index (χ0v) is 11.0. The fraction of sp³-hybridized carbons (Fsp3) is 0.692. The molecule has 0 fully saturated rings. The van der Waals surface area contributed by atoms with Gasteiger partial charge >= 0.3 is 0 Å². The number of aryl methyl sites for hydroxylation is 1. The predicted octanol–water partition coefficient (Wildman–Crippen LogP) is 0.524. The van der Waals surface area contributed by atoms with Crippen LogP contribution in [-0.4, -0.2) is 10.5 Å². The van der Waals surface area contributed by atoms with Crippen LogP contribution in [0.25, 0.3) is 0 Å². The molecule has 0 amide bonds. The quantitative estimate of drug-likeness (QED) is 0.650. The van der Waals surface area contributed by atoms with Crippen molar-refractivity contribution in [2.45, 2.75) is 53.1 Å². The van der Waals surface area contributed by atoms with Crippen LogP contribution in [0.5, 0.6) is 0 Å². The molecular formula is C13H22N2O2. The van der Waals surface area contributed by atoms with E-state index < -0.39 is 11.9 Å². The summed E-state index contributed by atoms with van der Waals surface area (Å²) in [5.74, 6) is -0.223.